The van der Waals surface area contributed by atoms with Crippen molar-refractivity contribution in [1.82, 2.24) is 4.98 Å². The summed E-state index contributed by atoms with van der Waals surface area (Å²) in [7, 11) is 0. The first-order chi connectivity index (χ1) is 7.66. The number of benzene rings is 1. The molecule has 0 spiro atoms. The average Bonchev–Trinajstić information content (AvgIpc) is 2.70. The van der Waals surface area contributed by atoms with E-state index in [2.05, 4.69) is 20.9 Å². The lowest BCUT2D eigenvalue weighted by atomic mass is 10.1. The minimum atomic E-state index is -0.605. The van der Waals surface area contributed by atoms with Crippen LogP contribution in [0.5, 0.6) is 0 Å². The highest BCUT2D eigenvalue weighted by Crippen LogP contribution is 2.28. The van der Waals surface area contributed by atoms with Crippen molar-refractivity contribution >= 4 is 38.9 Å². The largest absolute Gasteiger partial charge is 0.388 e. The molecule has 84 valence electrons. The highest BCUT2D eigenvalue weighted by molar-refractivity contribution is 9.10. The summed E-state index contributed by atoms with van der Waals surface area (Å²) in [6.45, 7) is 0. The van der Waals surface area contributed by atoms with Crippen LogP contribution in [0.3, 0.4) is 0 Å². The summed E-state index contributed by atoms with van der Waals surface area (Å²) in [5, 5.41) is 13.4. The van der Waals surface area contributed by atoms with Crippen LogP contribution in [-0.2, 0) is 6.42 Å². The highest BCUT2D eigenvalue weighted by atomic mass is 79.9. The maximum Gasteiger partial charge on any atom is 0.0954 e. The van der Waals surface area contributed by atoms with E-state index in [4.69, 9.17) is 11.6 Å². The van der Waals surface area contributed by atoms with Crippen molar-refractivity contribution < 1.29 is 5.11 Å². The number of thiazole rings is 1. The molecule has 1 N–H and O–H groups in total. The lowest BCUT2D eigenvalue weighted by molar-refractivity contribution is 0.178. The molecule has 16 heavy (non-hydrogen) atoms. The minimum absolute atomic E-state index is 0.499. The van der Waals surface area contributed by atoms with Gasteiger partial charge in [-0.3, -0.25) is 0 Å². The molecular formula is C11H9BrClNOS. The van der Waals surface area contributed by atoms with E-state index in [-0.39, 0.29) is 0 Å². The van der Waals surface area contributed by atoms with Gasteiger partial charge in [-0.1, -0.05) is 33.6 Å². The summed E-state index contributed by atoms with van der Waals surface area (Å²) in [5.74, 6) is 0. The molecular weight excluding hydrogens is 310 g/mol. The molecule has 0 saturated carbocycles. The quantitative estimate of drug-likeness (QED) is 0.933. The number of halogens is 2. The van der Waals surface area contributed by atoms with Crippen LogP contribution in [0.4, 0.5) is 0 Å². The van der Waals surface area contributed by atoms with E-state index >= 15 is 0 Å². The van der Waals surface area contributed by atoms with E-state index in [1.54, 1.807) is 12.3 Å². The molecule has 0 radical (unpaired) electrons. The van der Waals surface area contributed by atoms with Gasteiger partial charge in [0, 0.05) is 27.5 Å². The van der Waals surface area contributed by atoms with Gasteiger partial charge in [0.15, 0.2) is 0 Å². The third kappa shape index (κ3) is 2.83. The predicted octanol–water partition coefficient (Wildman–Crippen LogP) is 3.84. The summed E-state index contributed by atoms with van der Waals surface area (Å²) >= 11 is 10.9. The molecule has 1 aromatic heterocycles. The van der Waals surface area contributed by atoms with Crippen LogP contribution in [0.15, 0.2) is 34.2 Å². The second-order valence-corrected chi connectivity index (χ2v) is 5.61. The van der Waals surface area contributed by atoms with E-state index < -0.39 is 6.10 Å². The molecule has 0 aliphatic carbocycles. The number of aliphatic hydroxyl groups is 1. The van der Waals surface area contributed by atoms with Crippen LogP contribution in [0.1, 0.15) is 16.7 Å². The van der Waals surface area contributed by atoms with Gasteiger partial charge in [0.25, 0.3) is 0 Å². The molecule has 0 aliphatic heterocycles. The maximum atomic E-state index is 10.0. The van der Waals surface area contributed by atoms with Gasteiger partial charge in [-0.15, -0.1) is 11.3 Å². The predicted molar refractivity (Wildman–Crippen MR) is 69.9 cm³/mol. The van der Waals surface area contributed by atoms with E-state index in [9.17, 15) is 5.11 Å². The molecule has 0 bridgehead atoms. The zero-order chi connectivity index (χ0) is 11.5. The van der Waals surface area contributed by atoms with Crippen molar-refractivity contribution in [1.29, 1.82) is 0 Å². The maximum absolute atomic E-state index is 10.0. The second kappa shape index (κ2) is 5.27. The van der Waals surface area contributed by atoms with E-state index in [1.807, 2.05) is 17.5 Å². The number of rotatable bonds is 3. The zero-order valence-electron chi connectivity index (χ0n) is 8.23. The van der Waals surface area contributed by atoms with E-state index in [0.29, 0.717) is 11.4 Å². The molecule has 1 heterocycles. The number of hydrogen-bond acceptors (Lipinski definition) is 3. The van der Waals surface area contributed by atoms with Crippen molar-refractivity contribution in [3.63, 3.8) is 0 Å². The second-order valence-electron chi connectivity index (χ2n) is 3.31. The molecule has 5 heteroatoms. The molecule has 0 fully saturated rings. The molecule has 2 nitrogen and oxygen atoms in total. The van der Waals surface area contributed by atoms with Crippen LogP contribution >= 0.6 is 38.9 Å². The molecule has 0 amide bonds. The Hall–Kier alpha value is -0.420. The number of nitrogens with zero attached hydrogens (tertiary/aromatic N) is 1. The van der Waals surface area contributed by atoms with Crippen molar-refractivity contribution in [2.75, 3.05) is 0 Å². The average molecular weight is 319 g/mol. The Balaban J connectivity index is 2.17. The topological polar surface area (TPSA) is 33.1 Å². The monoisotopic (exact) mass is 317 g/mol. The third-order valence-corrected chi connectivity index (χ3v) is 3.80. The van der Waals surface area contributed by atoms with Gasteiger partial charge in [-0.25, -0.2) is 4.98 Å². The van der Waals surface area contributed by atoms with Crippen molar-refractivity contribution in [2.45, 2.75) is 12.5 Å². The smallest absolute Gasteiger partial charge is 0.0954 e. The summed E-state index contributed by atoms with van der Waals surface area (Å²) in [6.07, 6.45) is 1.63. The van der Waals surface area contributed by atoms with Crippen molar-refractivity contribution in [2.24, 2.45) is 0 Å². The van der Waals surface area contributed by atoms with Gasteiger partial charge in [0.05, 0.1) is 11.1 Å². The number of aliphatic hydroxyl groups excluding tert-OH is 1. The highest BCUT2D eigenvalue weighted by Gasteiger charge is 2.13. The Kier molecular flexibility index (Phi) is 3.97. The third-order valence-electron chi connectivity index (χ3n) is 2.17. The lowest BCUT2D eigenvalue weighted by Crippen LogP contribution is -2.02. The summed E-state index contributed by atoms with van der Waals surface area (Å²) in [6, 6.07) is 5.47. The Bertz CT molecular complexity index is 475. The van der Waals surface area contributed by atoms with Crippen LogP contribution < -0.4 is 0 Å². The Morgan fingerprint density at radius 3 is 2.94 bits per heavy atom. The molecule has 1 unspecified atom stereocenters. The molecule has 2 rings (SSSR count). The van der Waals surface area contributed by atoms with Gasteiger partial charge < -0.3 is 5.11 Å². The number of hydrogen-bond donors (Lipinski definition) is 1. The van der Waals surface area contributed by atoms with Crippen LogP contribution in [0.25, 0.3) is 0 Å². The first kappa shape index (κ1) is 12.0. The molecule has 2 aromatic rings. The summed E-state index contributed by atoms with van der Waals surface area (Å²) in [5.41, 5.74) is 0.736. The van der Waals surface area contributed by atoms with Crippen molar-refractivity contribution in [3.05, 3.63) is 49.8 Å². The van der Waals surface area contributed by atoms with Crippen LogP contribution in [0, 0.1) is 0 Å². The Labute approximate surface area is 111 Å². The lowest BCUT2D eigenvalue weighted by Gasteiger charge is -2.11. The van der Waals surface area contributed by atoms with Gasteiger partial charge in [-0.2, -0.15) is 0 Å². The molecule has 1 atom stereocenters. The van der Waals surface area contributed by atoms with Crippen LogP contribution in [-0.4, -0.2) is 10.1 Å². The summed E-state index contributed by atoms with van der Waals surface area (Å²) in [4.78, 5) is 4.14. The fraction of sp³-hybridized carbons (Fsp3) is 0.182. The molecule has 1 aromatic carbocycles. The van der Waals surface area contributed by atoms with Gasteiger partial charge in [0.2, 0.25) is 0 Å². The van der Waals surface area contributed by atoms with Gasteiger partial charge >= 0.3 is 0 Å². The fourth-order valence-electron chi connectivity index (χ4n) is 1.40. The molecule has 0 aliphatic rings. The molecule has 0 saturated heterocycles. The number of aromatic nitrogens is 1. The van der Waals surface area contributed by atoms with E-state index in [0.717, 1.165) is 15.0 Å². The first-order valence-electron chi connectivity index (χ1n) is 4.68. The Morgan fingerprint density at radius 1 is 1.50 bits per heavy atom. The SMILES string of the molecule is OC(Cc1nccs1)c1ccc(Br)cc1Cl. The first-order valence-corrected chi connectivity index (χ1v) is 6.73. The fourth-order valence-corrected chi connectivity index (χ4v) is 2.85. The van der Waals surface area contributed by atoms with E-state index in [1.165, 1.54) is 11.3 Å². The standard InChI is InChI=1S/C11H9BrClNOS/c12-7-1-2-8(9(13)5-7)10(15)6-11-14-3-4-16-11/h1-5,10,15H,6H2. The zero-order valence-corrected chi connectivity index (χ0v) is 11.4. The van der Waals surface area contributed by atoms with Gasteiger partial charge in [0.1, 0.15) is 0 Å². The van der Waals surface area contributed by atoms with Gasteiger partial charge in [-0.05, 0) is 17.7 Å². The Morgan fingerprint density at radius 2 is 2.31 bits per heavy atom. The normalized spacial score (nSPS) is 12.7. The summed E-state index contributed by atoms with van der Waals surface area (Å²) < 4.78 is 0.905. The van der Waals surface area contributed by atoms with Crippen molar-refractivity contribution in [3.8, 4) is 0 Å². The minimum Gasteiger partial charge on any atom is -0.388 e. The van der Waals surface area contributed by atoms with Crippen LogP contribution in [0.2, 0.25) is 5.02 Å².